The van der Waals surface area contributed by atoms with Crippen molar-refractivity contribution in [1.82, 2.24) is 19.5 Å². The summed E-state index contributed by atoms with van der Waals surface area (Å²) in [7, 11) is 0. The van der Waals surface area contributed by atoms with Crippen LogP contribution in [0.25, 0.3) is 11.2 Å². The summed E-state index contributed by atoms with van der Waals surface area (Å²) in [5.41, 5.74) is 2.02. The molecule has 0 spiro atoms. The zero-order valence-electron chi connectivity index (χ0n) is 16.0. The number of nitrogens with one attached hydrogen (secondary N) is 1. The first-order chi connectivity index (χ1) is 14.4. The summed E-state index contributed by atoms with van der Waals surface area (Å²) in [6.07, 6.45) is 1.10. The highest BCUT2D eigenvalue weighted by Gasteiger charge is 2.33. The Morgan fingerprint density at radius 3 is 2.83 bits per heavy atom. The van der Waals surface area contributed by atoms with Crippen LogP contribution in [-0.2, 0) is 14.3 Å². The van der Waals surface area contributed by atoms with Crippen LogP contribution in [0.3, 0.4) is 0 Å². The maximum absolute atomic E-state index is 12.2. The van der Waals surface area contributed by atoms with E-state index in [-0.39, 0.29) is 29.7 Å². The Bertz CT molecular complexity index is 1130. The fraction of sp³-hybridized carbons (Fsp3) is 0.250. The molecule has 1 aliphatic heterocycles. The highest BCUT2D eigenvalue weighted by molar-refractivity contribution is 6.33. The van der Waals surface area contributed by atoms with E-state index in [4.69, 9.17) is 21.1 Å². The Morgan fingerprint density at radius 2 is 2.10 bits per heavy atom. The molecule has 0 bridgehead atoms. The van der Waals surface area contributed by atoms with Gasteiger partial charge < -0.3 is 14.0 Å². The van der Waals surface area contributed by atoms with E-state index in [1.54, 1.807) is 35.2 Å². The van der Waals surface area contributed by atoms with Crippen LogP contribution in [0.5, 0.6) is 0 Å². The average molecular weight is 428 g/mol. The van der Waals surface area contributed by atoms with Gasteiger partial charge in [0.05, 0.1) is 24.5 Å². The molecule has 3 heterocycles. The number of fused-ring (bicyclic) bond motifs is 1. The Labute approximate surface area is 176 Å². The van der Waals surface area contributed by atoms with E-state index in [1.165, 1.54) is 6.92 Å². The summed E-state index contributed by atoms with van der Waals surface area (Å²) >= 11 is 6.18. The second-order valence-electron chi connectivity index (χ2n) is 6.72. The Kier molecular flexibility index (Phi) is 5.47. The Hall–Kier alpha value is -3.30. The molecule has 0 unspecified atom stereocenters. The molecule has 4 rings (SSSR count). The van der Waals surface area contributed by atoms with Crippen LogP contribution in [-0.4, -0.2) is 50.7 Å². The molecule has 1 fully saturated rings. The van der Waals surface area contributed by atoms with Crippen molar-refractivity contribution in [2.24, 2.45) is 0 Å². The molecule has 1 amide bonds. The van der Waals surface area contributed by atoms with Crippen LogP contribution in [0, 0.1) is 0 Å². The van der Waals surface area contributed by atoms with Gasteiger partial charge in [0.2, 0.25) is 11.9 Å². The van der Waals surface area contributed by atoms with Gasteiger partial charge in [-0.3, -0.25) is 10.1 Å². The molecule has 1 saturated heterocycles. The molecule has 1 aliphatic rings. The number of hydrogen-bond donors (Lipinski definition) is 1. The summed E-state index contributed by atoms with van der Waals surface area (Å²) in [4.78, 5) is 36.1. The predicted octanol–water partition coefficient (Wildman–Crippen LogP) is 2.79. The molecule has 154 valence electrons. The number of halogens is 1. The molecule has 0 saturated carbocycles. The van der Waals surface area contributed by atoms with Crippen molar-refractivity contribution in [3.63, 3.8) is 0 Å². The van der Waals surface area contributed by atoms with Crippen molar-refractivity contribution >= 4 is 40.6 Å². The number of rotatable bonds is 5. The van der Waals surface area contributed by atoms with Crippen molar-refractivity contribution in [3.8, 4) is 0 Å². The van der Waals surface area contributed by atoms with Crippen molar-refractivity contribution in [2.75, 3.05) is 18.5 Å². The molecule has 10 heteroatoms. The van der Waals surface area contributed by atoms with E-state index in [0.29, 0.717) is 28.9 Å². The standard InChI is InChI=1S/C20H18ClN5O4/c1-11-14(8-29-15(11)9-30-19(28)13-6-4-3-5-7-13)26-10-22-16-17(21)24-20(23-12(2)27)25-18(16)26/h3-7,10,14-15H,1,8-9H2,2H3,(H,23,24,25,27)/t14-,15-/m1/s1. The van der Waals surface area contributed by atoms with E-state index in [9.17, 15) is 9.59 Å². The van der Waals surface area contributed by atoms with E-state index in [0.717, 1.165) is 0 Å². The molecule has 2 atom stereocenters. The minimum atomic E-state index is -0.466. The van der Waals surface area contributed by atoms with Crippen LogP contribution < -0.4 is 5.32 Å². The first-order valence-electron chi connectivity index (χ1n) is 9.14. The summed E-state index contributed by atoms with van der Waals surface area (Å²) in [6, 6.07) is 8.44. The molecule has 30 heavy (non-hydrogen) atoms. The lowest BCUT2D eigenvalue weighted by atomic mass is 10.1. The number of imidazole rings is 1. The van der Waals surface area contributed by atoms with Gasteiger partial charge in [-0.25, -0.2) is 9.78 Å². The highest BCUT2D eigenvalue weighted by atomic mass is 35.5. The summed E-state index contributed by atoms with van der Waals surface area (Å²) in [6.45, 7) is 5.81. The number of ether oxygens (including phenoxy) is 2. The lowest BCUT2D eigenvalue weighted by molar-refractivity contribution is -0.114. The topological polar surface area (TPSA) is 108 Å². The third-order valence-corrected chi connectivity index (χ3v) is 4.94. The number of hydrogen-bond acceptors (Lipinski definition) is 7. The number of benzene rings is 1. The minimum absolute atomic E-state index is 0.0442. The number of amides is 1. The first kappa shape index (κ1) is 20.0. The molecule has 0 radical (unpaired) electrons. The highest BCUT2D eigenvalue weighted by Crippen LogP contribution is 2.33. The zero-order chi connectivity index (χ0) is 21.3. The van der Waals surface area contributed by atoms with E-state index in [1.807, 2.05) is 6.07 Å². The number of aromatic nitrogens is 4. The molecule has 2 aromatic heterocycles. The SMILES string of the molecule is C=C1[C@H](n2cnc3c(Cl)nc(NC(C)=O)nc32)CO[C@@H]1COC(=O)c1ccccc1. The largest absolute Gasteiger partial charge is 0.459 e. The van der Waals surface area contributed by atoms with Gasteiger partial charge >= 0.3 is 5.97 Å². The molecular formula is C20H18ClN5O4. The van der Waals surface area contributed by atoms with Crippen molar-refractivity contribution in [2.45, 2.75) is 19.1 Å². The zero-order valence-corrected chi connectivity index (χ0v) is 16.8. The van der Waals surface area contributed by atoms with E-state index in [2.05, 4.69) is 26.8 Å². The molecule has 0 aliphatic carbocycles. The maximum Gasteiger partial charge on any atom is 0.338 e. The summed E-state index contributed by atoms with van der Waals surface area (Å²) in [5.74, 6) is -0.659. The fourth-order valence-corrected chi connectivity index (χ4v) is 3.40. The predicted molar refractivity (Wildman–Crippen MR) is 109 cm³/mol. The van der Waals surface area contributed by atoms with Gasteiger partial charge in [0.15, 0.2) is 10.8 Å². The Morgan fingerprint density at radius 1 is 1.33 bits per heavy atom. The normalized spacial score (nSPS) is 18.5. The third kappa shape index (κ3) is 3.89. The van der Waals surface area contributed by atoms with Crippen LogP contribution in [0.4, 0.5) is 5.95 Å². The lowest BCUT2D eigenvalue weighted by Crippen LogP contribution is -2.20. The smallest absolute Gasteiger partial charge is 0.338 e. The number of nitrogens with zero attached hydrogens (tertiary/aromatic N) is 4. The van der Waals surface area contributed by atoms with Gasteiger partial charge in [-0.15, -0.1) is 0 Å². The molecular weight excluding hydrogens is 410 g/mol. The fourth-order valence-electron chi connectivity index (χ4n) is 3.18. The second kappa shape index (κ2) is 8.21. The number of carbonyl (C=O) groups is 2. The van der Waals surface area contributed by atoms with Gasteiger partial charge in [0.25, 0.3) is 0 Å². The van der Waals surface area contributed by atoms with Gasteiger partial charge in [0.1, 0.15) is 18.2 Å². The van der Waals surface area contributed by atoms with Crippen LogP contribution in [0.15, 0.2) is 48.8 Å². The summed E-state index contributed by atoms with van der Waals surface area (Å²) in [5, 5.41) is 2.64. The molecule has 3 aromatic rings. The van der Waals surface area contributed by atoms with Crippen LogP contribution in [0.2, 0.25) is 5.15 Å². The molecule has 1 N–H and O–H groups in total. The van der Waals surface area contributed by atoms with E-state index >= 15 is 0 Å². The Balaban J connectivity index is 1.51. The first-order valence-corrected chi connectivity index (χ1v) is 9.52. The van der Waals surface area contributed by atoms with Crippen molar-refractivity contribution in [1.29, 1.82) is 0 Å². The van der Waals surface area contributed by atoms with Crippen molar-refractivity contribution in [3.05, 3.63) is 59.5 Å². The van der Waals surface area contributed by atoms with Gasteiger partial charge in [-0.1, -0.05) is 36.4 Å². The average Bonchev–Trinajstić information content (AvgIpc) is 3.30. The minimum Gasteiger partial charge on any atom is -0.459 e. The third-order valence-electron chi connectivity index (χ3n) is 4.67. The number of carbonyl (C=O) groups excluding carboxylic acids is 2. The molecule has 1 aromatic carbocycles. The summed E-state index contributed by atoms with van der Waals surface area (Å²) < 4.78 is 12.9. The lowest BCUT2D eigenvalue weighted by Gasteiger charge is -2.15. The second-order valence-corrected chi connectivity index (χ2v) is 7.08. The molecule has 9 nitrogen and oxygen atoms in total. The number of esters is 1. The van der Waals surface area contributed by atoms with Gasteiger partial charge in [0, 0.05) is 6.92 Å². The maximum atomic E-state index is 12.2. The van der Waals surface area contributed by atoms with Crippen LogP contribution >= 0.6 is 11.6 Å². The van der Waals surface area contributed by atoms with Gasteiger partial charge in [-0.05, 0) is 17.7 Å². The van der Waals surface area contributed by atoms with Crippen molar-refractivity contribution < 1.29 is 19.1 Å². The van der Waals surface area contributed by atoms with E-state index < -0.39 is 12.1 Å². The number of anilines is 1. The quantitative estimate of drug-likeness (QED) is 0.379. The van der Waals surface area contributed by atoms with Crippen LogP contribution in [0.1, 0.15) is 23.3 Å². The monoisotopic (exact) mass is 427 g/mol. The van der Waals surface area contributed by atoms with Gasteiger partial charge in [-0.2, -0.15) is 9.97 Å².